The summed E-state index contributed by atoms with van der Waals surface area (Å²) in [5.74, 6) is -0.114. The molecule has 1 rings (SSSR count). The number of nitrogens with zero attached hydrogens (tertiary/aromatic N) is 1. The van der Waals surface area contributed by atoms with Crippen LogP contribution < -0.4 is 10.7 Å². The van der Waals surface area contributed by atoms with Crippen molar-refractivity contribution in [1.82, 2.24) is 10.7 Å². The minimum absolute atomic E-state index is 0.0483. The van der Waals surface area contributed by atoms with E-state index >= 15 is 0 Å². The first-order chi connectivity index (χ1) is 8.04. The molecule has 2 N–H and O–H groups in total. The summed E-state index contributed by atoms with van der Waals surface area (Å²) in [6.45, 7) is 4.48. The molecule has 1 heterocycles. The molecular weight excluding hydrogens is 222 g/mol. The fraction of sp³-hybridized carbons (Fsp3) is 0.727. The summed E-state index contributed by atoms with van der Waals surface area (Å²) < 4.78 is 5.05. The minimum Gasteiger partial charge on any atom is -0.383 e. The topological polar surface area (TPSA) is 79.8 Å². The number of hydrogen-bond acceptors (Lipinski definition) is 4. The normalized spacial score (nSPS) is 17.4. The fourth-order valence-electron chi connectivity index (χ4n) is 1.47. The van der Waals surface area contributed by atoms with Crippen molar-refractivity contribution >= 4 is 17.5 Å². The molecule has 0 saturated heterocycles. The Kier molecular flexibility index (Phi) is 5.09. The predicted molar refractivity (Wildman–Crippen MR) is 63.5 cm³/mol. The third-order valence-electron chi connectivity index (χ3n) is 2.63. The van der Waals surface area contributed by atoms with Gasteiger partial charge >= 0.3 is 0 Å². The minimum atomic E-state index is -0.235. The first-order valence-electron chi connectivity index (χ1n) is 5.69. The van der Waals surface area contributed by atoms with Gasteiger partial charge in [-0.3, -0.25) is 9.59 Å². The molecular formula is C11H19N3O3. The monoisotopic (exact) mass is 241 g/mol. The molecule has 17 heavy (non-hydrogen) atoms. The summed E-state index contributed by atoms with van der Waals surface area (Å²) in [7, 11) is 1.60. The second kappa shape index (κ2) is 6.34. The van der Waals surface area contributed by atoms with Gasteiger partial charge in [-0.05, 0) is 5.92 Å². The number of hydrazone groups is 1. The highest BCUT2D eigenvalue weighted by Crippen LogP contribution is 2.04. The third kappa shape index (κ3) is 4.14. The van der Waals surface area contributed by atoms with Gasteiger partial charge in [-0.15, -0.1) is 0 Å². The van der Waals surface area contributed by atoms with Gasteiger partial charge in [0.05, 0.1) is 12.6 Å². The Morgan fingerprint density at radius 2 is 2.24 bits per heavy atom. The fourth-order valence-corrected chi connectivity index (χ4v) is 1.47. The Hall–Kier alpha value is -1.43. The predicted octanol–water partition coefficient (Wildman–Crippen LogP) is 0.0396. The molecule has 1 aliphatic rings. The molecule has 6 nitrogen and oxygen atoms in total. The van der Waals surface area contributed by atoms with E-state index in [1.54, 1.807) is 7.11 Å². The van der Waals surface area contributed by atoms with Gasteiger partial charge in [0, 0.05) is 20.0 Å². The van der Waals surface area contributed by atoms with Crippen LogP contribution in [0.1, 0.15) is 26.7 Å². The Balaban J connectivity index is 2.55. The molecule has 6 heteroatoms. The van der Waals surface area contributed by atoms with E-state index in [0.29, 0.717) is 25.2 Å². The molecule has 0 radical (unpaired) electrons. The summed E-state index contributed by atoms with van der Waals surface area (Å²) in [6, 6.07) is -0.0483. The number of rotatable bonds is 5. The zero-order valence-corrected chi connectivity index (χ0v) is 10.4. The maximum atomic E-state index is 11.8. The number of hydrogen-bond donors (Lipinski definition) is 2. The van der Waals surface area contributed by atoms with Gasteiger partial charge in [0.1, 0.15) is 5.71 Å². The van der Waals surface area contributed by atoms with E-state index in [1.165, 1.54) is 0 Å². The highest BCUT2D eigenvalue weighted by Gasteiger charge is 2.22. The standard InChI is InChI=1S/C11H19N3O3/c1-7(2)9(6-17-3)12-11(16)8-4-5-10(15)14-13-8/h7,9H,4-6H2,1-3H3,(H,12,16)(H,14,15). The summed E-state index contributed by atoms with van der Waals surface area (Å²) in [6.07, 6.45) is 0.693. The Bertz CT molecular complexity index is 326. The molecule has 0 aromatic carbocycles. The lowest BCUT2D eigenvalue weighted by Gasteiger charge is -2.22. The first kappa shape index (κ1) is 13.6. The van der Waals surface area contributed by atoms with Crippen molar-refractivity contribution in [3.8, 4) is 0 Å². The summed E-state index contributed by atoms with van der Waals surface area (Å²) in [5, 5.41) is 6.60. The smallest absolute Gasteiger partial charge is 0.267 e. The van der Waals surface area contributed by atoms with Crippen molar-refractivity contribution in [1.29, 1.82) is 0 Å². The summed E-state index contributed by atoms with van der Waals surface area (Å²) in [4.78, 5) is 22.7. The van der Waals surface area contributed by atoms with Crippen molar-refractivity contribution in [2.45, 2.75) is 32.7 Å². The molecule has 0 spiro atoms. The van der Waals surface area contributed by atoms with E-state index in [9.17, 15) is 9.59 Å². The van der Waals surface area contributed by atoms with E-state index in [1.807, 2.05) is 13.8 Å². The van der Waals surface area contributed by atoms with Crippen LogP contribution >= 0.6 is 0 Å². The van der Waals surface area contributed by atoms with Crippen molar-refractivity contribution in [2.75, 3.05) is 13.7 Å². The van der Waals surface area contributed by atoms with Gasteiger partial charge < -0.3 is 10.1 Å². The van der Waals surface area contributed by atoms with E-state index in [2.05, 4.69) is 15.8 Å². The van der Waals surface area contributed by atoms with Crippen LogP contribution in [0.4, 0.5) is 0 Å². The lowest BCUT2D eigenvalue weighted by atomic mass is 10.0. The first-order valence-corrected chi connectivity index (χ1v) is 5.69. The highest BCUT2D eigenvalue weighted by molar-refractivity contribution is 6.39. The molecule has 2 amide bonds. The Labute approximate surface area is 101 Å². The molecule has 0 saturated carbocycles. The van der Waals surface area contributed by atoms with Gasteiger partial charge in [-0.1, -0.05) is 13.8 Å². The molecule has 0 fully saturated rings. The molecule has 1 atom stereocenters. The molecule has 0 aliphatic carbocycles. The van der Waals surface area contributed by atoms with Crippen molar-refractivity contribution in [2.24, 2.45) is 11.0 Å². The number of carbonyl (C=O) groups is 2. The summed E-state index contributed by atoms with van der Waals surface area (Å²) in [5.41, 5.74) is 2.67. The van der Waals surface area contributed by atoms with E-state index in [4.69, 9.17) is 4.74 Å². The largest absolute Gasteiger partial charge is 0.383 e. The maximum absolute atomic E-state index is 11.8. The quantitative estimate of drug-likeness (QED) is 0.713. The van der Waals surface area contributed by atoms with Gasteiger partial charge in [-0.25, -0.2) is 5.43 Å². The van der Waals surface area contributed by atoms with Crippen molar-refractivity contribution < 1.29 is 14.3 Å². The summed E-state index contributed by atoms with van der Waals surface area (Å²) >= 11 is 0. The average molecular weight is 241 g/mol. The van der Waals surface area contributed by atoms with Crippen LogP contribution in [0.25, 0.3) is 0 Å². The molecule has 96 valence electrons. The van der Waals surface area contributed by atoms with Gasteiger partial charge in [-0.2, -0.15) is 5.10 Å². The number of methoxy groups -OCH3 is 1. The van der Waals surface area contributed by atoms with Crippen LogP contribution in [-0.4, -0.2) is 37.3 Å². The van der Waals surface area contributed by atoms with Crippen molar-refractivity contribution in [3.05, 3.63) is 0 Å². The lowest BCUT2D eigenvalue weighted by molar-refractivity contribution is -0.121. The molecule has 1 unspecified atom stereocenters. The van der Waals surface area contributed by atoms with Gasteiger partial charge in [0.2, 0.25) is 5.91 Å². The van der Waals surface area contributed by atoms with E-state index < -0.39 is 0 Å². The highest BCUT2D eigenvalue weighted by atomic mass is 16.5. The lowest BCUT2D eigenvalue weighted by Crippen LogP contribution is -2.46. The van der Waals surface area contributed by atoms with E-state index in [0.717, 1.165) is 0 Å². The Morgan fingerprint density at radius 3 is 2.71 bits per heavy atom. The van der Waals surface area contributed by atoms with Crippen LogP contribution in [-0.2, 0) is 14.3 Å². The van der Waals surface area contributed by atoms with Gasteiger partial charge in [0.25, 0.3) is 5.91 Å². The molecule has 0 aromatic heterocycles. The van der Waals surface area contributed by atoms with Crippen LogP contribution in [0.2, 0.25) is 0 Å². The third-order valence-corrected chi connectivity index (χ3v) is 2.63. The second-order valence-electron chi connectivity index (χ2n) is 4.37. The Morgan fingerprint density at radius 1 is 1.53 bits per heavy atom. The number of nitrogens with one attached hydrogen (secondary N) is 2. The van der Waals surface area contributed by atoms with E-state index in [-0.39, 0.29) is 23.8 Å². The van der Waals surface area contributed by atoms with Crippen LogP contribution in [0.5, 0.6) is 0 Å². The molecule has 1 aliphatic heterocycles. The van der Waals surface area contributed by atoms with Gasteiger partial charge in [0.15, 0.2) is 0 Å². The van der Waals surface area contributed by atoms with Crippen LogP contribution in [0.3, 0.4) is 0 Å². The second-order valence-corrected chi connectivity index (χ2v) is 4.37. The number of amides is 2. The van der Waals surface area contributed by atoms with Crippen LogP contribution in [0, 0.1) is 5.92 Å². The zero-order chi connectivity index (χ0) is 12.8. The van der Waals surface area contributed by atoms with Crippen LogP contribution in [0.15, 0.2) is 5.10 Å². The molecule has 0 aromatic rings. The average Bonchev–Trinajstić information content (AvgIpc) is 2.29. The number of ether oxygens (including phenoxy) is 1. The SMILES string of the molecule is COCC(NC(=O)C1=NNC(=O)CC1)C(C)C. The molecule has 0 bridgehead atoms. The zero-order valence-electron chi connectivity index (χ0n) is 10.4. The number of carbonyl (C=O) groups excluding carboxylic acids is 2. The maximum Gasteiger partial charge on any atom is 0.267 e. The van der Waals surface area contributed by atoms with Crippen molar-refractivity contribution in [3.63, 3.8) is 0 Å².